The molecule has 0 N–H and O–H groups in total. The molecule has 0 radical (unpaired) electrons. The average molecular weight is 308 g/mol. The van der Waals surface area contributed by atoms with Gasteiger partial charge in [-0.1, -0.05) is 12.1 Å². The van der Waals surface area contributed by atoms with Gasteiger partial charge in [-0.05, 0) is 42.8 Å². The first-order chi connectivity index (χ1) is 10.1. The van der Waals surface area contributed by atoms with Crippen LogP contribution >= 0.6 is 0 Å². The van der Waals surface area contributed by atoms with E-state index in [0.29, 0.717) is 12.0 Å². The Morgan fingerprint density at radius 1 is 1.00 bits per heavy atom. The van der Waals surface area contributed by atoms with Gasteiger partial charge < -0.3 is 0 Å². The summed E-state index contributed by atoms with van der Waals surface area (Å²) in [6.45, 7) is 0. The van der Waals surface area contributed by atoms with Gasteiger partial charge in [-0.3, -0.25) is 9.00 Å². The molecule has 2 aromatic rings. The Balaban J connectivity index is 1.87. The number of benzene rings is 2. The first kappa shape index (κ1) is 15.5. The Hall–Kier alpha value is -1.88. The van der Waals surface area contributed by atoms with Crippen LogP contribution in [0.25, 0.3) is 0 Å². The minimum absolute atomic E-state index is 0.138. The van der Waals surface area contributed by atoms with E-state index in [9.17, 15) is 17.8 Å². The molecule has 0 aliphatic rings. The molecule has 110 valence electrons. The largest absolute Gasteiger partial charge is 0.294 e. The standard InChI is InChI=1S/C16H14F2O2S/c17-13-9-7-12(8-10-13)15(19)5-3-11-21(20)16-6-2-1-4-14(16)18/h1-2,4,6-10H,3,5,11H2. The molecule has 1 unspecified atom stereocenters. The maximum absolute atomic E-state index is 13.4. The van der Waals surface area contributed by atoms with Gasteiger partial charge in [-0.25, -0.2) is 8.78 Å². The Kier molecular flexibility index (Phi) is 5.33. The van der Waals surface area contributed by atoms with E-state index in [1.54, 1.807) is 6.07 Å². The maximum atomic E-state index is 13.4. The molecule has 1 atom stereocenters. The summed E-state index contributed by atoms with van der Waals surface area (Å²) in [5.74, 6) is -0.818. The zero-order valence-corrected chi connectivity index (χ0v) is 12.0. The number of rotatable bonds is 6. The van der Waals surface area contributed by atoms with Gasteiger partial charge >= 0.3 is 0 Å². The predicted octanol–water partition coefficient (Wildman–Crippen LogP) is 3.74. The van der Waals surface area contributed by atoms with Crippen LogP contribution in [0.5, 0.6) is 0 Å². The molecule has 0 heterocycles. The third kappa shape index (κ3) is 4.29. The zero-order valence-electron chi connectivity index (χ0n) is 11.2. The summed E-state index contributed by atoms with van der Waals surface area (Å²) in [6, 6.07) is 11.2. The van der Waals surface area contributed by atoms with Crippen molar-refractivity contribution >= 4 is 16.6 Å². The molecule has 0 bridgehead atoms. The van der Waals surface area contributed by atoms with Crippen molar-refractivity contribution in [3.05, 3.63) is 65.7 Å². The van der Waals surface area contributed by atoms with Gasteiger partial charge in [0.1, 0.15) is 11.6 Å². The van der Waals surface area contributed by atoms with Gasteiger partial charge in [0.25, 0.3) is 0 Å². The molecule has 0 aliphatic carbocycles. The minimum Gasteiger partial charge on any atom is -0.294 e. The summed E-state index contributed by atoms with van der Waals surface area (Å²) in [5.41, 5.74) is 0.424. The van der Waals surface area contributed by atoms with Crippen molar-refractivity contribution in [3.63, 3.8) is 0 Å². The first-order valence-electron chi connectivity index (χ1n) is 6.49. The highest BCUT2D eigenvalue weighted by Crippen LogP contribution is 2.14. The fourth-order valence-corrected chi connectivity index (χ4v) is 3.03. The van der Waals surface area contributed by atoms with Crippen LogP contribution in [0.15, 0.2) is 53.4 Å². The van der Waals surface area contributed by atoms with E-state index in [1.165, 1.54) is 42.5 Å². The normalized spacial score (nSPS) is 12.1. The Morgan fingerprint density at radius 2 is 1.67 bits per heavy atom. The summed E-state index contributed by atoms with van der Waals surface area (Å²) in [5, 5.41) is 0. The van der Waals surface area contributed by atoms with Crippen LogP contribution in [-0.4, -0.2) is 15.7 Å². The van der Waals surface area contributed by atoms with Crippen LogP contribution in [0, 0.1) is 11.6 Å². The van der Waals surface area contributed by atoms with Gasteiger partial charge in [0.15, 0.2) is 5.78 Å². The van der Waals surface area contributed by atoms with E-state index in [4.69, 9.17) is 0 Å². The molecule has 0 fully saturated rings. The third-order valence-electron chi connectivity index (χ3n) is 2.98. The van der Waals surface area contributed by atoms with Crippen molar-refractivity contribution in [2.24, 2.45) is 0 Å². The number of Topliss-reactive ketones (excluding diaryl/α,β-unsaturated/α-hetero) is 1. The summed E-state index contributed by atoms with van der Waals surface area (Å²) in [6.07, 6.45) is 0.586. The minimum atomic E-state index is -1.46. The van der Waals surface area contributed by atoms with Crippen molar-refractivity contribution < 1.29 is 17.8 Å². The second kappa shape index (κ2) is 7.22. The van der Waals surface area contributed by atoms with Gasteiger partial charge in [-0.15, -0.1) is 0 Å². The van der Waals surface area contributed by atoms with E-state index in [2.05, 4.69) is 0 Å². The molecule has 0 saturated carbocycles. The fraction of sp³-hybridized carbons (Fsp3) is 0.188. The second-order valence-electron chi connectivity index (χ2n) is 4.51. The van der Waals surface area contributed by atoms with Gasteiger partial charge in [-0.2, -0.15) is 0 Å². The Morgan fingerprint density at radius 3 is 2.33 bits per heavy atom. The topological polar surface area (TPSA) is 34.1 Å². The molecular formula is C16H14F2O2S. The highest BCUT2D eigenvalue weighted by Gasteiger charge is 2.11. The van der Waals surface area contributed by atoms with E-state index < -0.39 is 22.4 Å². The fourth-order valence-electron chi connectivity index (χ4n) is 1.88. The lowest BCUT2D eigenvalue weighted by Crippen LogP contribution is -2.05. The highest BCUT2D eigenvalue weighted by atomic mass is 32.2. The Bertz CT molecular complexity index is 654. The quantitative estimate of drug-likeness (QED) is 0.762. The molecule has 5 heteroatoms. The lowest BCUT2D eigenvalue weighted by molar-refractivity contribution is 0.0982. The summed E-state index contributed by atoms with van der Waals surface area (Å²) < 4.78 is 38.1. The van der Waals surface area contributed by atoms with Crippen molar-refractivity contribution in [3.8, 4) is 0 Å². The number of carbonyl (C=O) groups excluding carboxylic acids is 1. The molecule has 0 aliphatic heterocycles. The lowest BCUT2D eigenvalue weighted by atomic mass is 10.1. The van der Waals surface area contributed by atoms with Crippen molar-refractivity contribution in [1.82, 2.24) is 0 Å². The first-order valence-corrected chi connectivity index (χ1v) is 7.81. The van der Waals surface area contributed by atoms with Crippen LogP contribution in [0.2, 0.25) is 0 Å². The molecule has 0 aromatic heterocycles. The number of hydrogen-bond acceptors (Lipinski definition) is 2. The van der Waals surface area contributed by atoms with E-state index >= 15 is 0 Å². The number of hydrogen-bond donors (Lipinski definition) is 0. The number of halogens is 2. The molecule has 0 amide bonds. The van der Waals surface area contributed by atoms with Crippen molar-refractivity contribution in [2.45, 2.75) is 17.7 Å². The Labute approximate surface area is 124 Å². The van der Waals surface area contributed by atoms with E-state index in [1.807, 2.05) is 0 Å². The average Bonchev–Trinajstić information content (AvgIpc) is 2.48. The number of ketones is 1. The SMILES string of the molecule is O=C(CCCS(=O)c1ccccc1F)c1ccc(F)cc1. The van der Waals surface area contributed by atoms with Gasteiger partial charge in [0.05, 0.1) is 15.7 Å². The molecule has 2 nitrogen and oxygen atoms in total. The summed E-state index contributed by atoms with van der Waals surface area (Å²) in [4.78, 5) is 12.0. The van der Waals surface area contributed by atoms with Gasteiger partial charge in [0.2, 0.25) is 0 Å². The molecule has 2 rings (SSSR count). The summed E-state index contributed by atoms with van der Waals surface area (Å²) >= 11 is 0. The van der Waals surface area contributed by atoms with Crippen LogP contribution in [0.1, 0.15) is 23.2 Å². The molecule has 0 spiro atoms. The van der Waals surface area contributed by atoms with Gasteiger partial charge in [0, 0.05) is 17.7 Å². The van der Waals surface area contributed by atoms with E-state index in [-0.39, 0.29) is 22.9 Å². The highest BCUT2D eigenvalue weighted by molar-refractivity contribution is 7.85. The predicted molar refractivity (Wildman–Crippen MR) is 77.6 cm³/mol. The monoisotopic (exact) mass is 308 g/mol. The van der Waals surface area contributed by atoms with Crippen molar-refractivity contribution in [1.29, 1.82) is 0 Å². The van der Waals surface area contributed by atoms with Crippen LogP contribution in [0.4, 0.5) is 8.78 Å². The molecule has 21 heavy (non-hydrogen) atoms. The lowest BCUT2D eigenvalue weighted by Gasteiger charge is -2.04. The van der Waals surface area contributed by atoms with E-state index in [0.717, 1.165) is 0 Å². The second-order valence-corrected chi connectivity index (χ2v) is 6.05. The van der Waals surface area contributed by atoms with Crippen LogP contribution in [-0.2, 0) is 10.8 Å². The summed E-state index contributed by atoms with van der Waals surface area (Å²) in [7, 11) is -1.46. The zero-order chi connectivity index (χ0) is 15.2. The number of carbonyl (C=O) groups is 1. The molecule has 0 saturated heterocycles. The molecule has 2 aromatic carbocycles. The van der Waals surface area contributed by atoms with Crippen LogP contribution in [0.3, 0.4) is 0 Å². The molecular weight excluding hydrogens is 294 g/mol. The smallest absolute Gasteiger partial charge is 0.162 e. The third-order valence-corrected chi connectivity index (χ3v) is 4.46. The maximum Gasteiger partial charge on any atom is 0.162 e. The van der Waals surface area contributed by atoms with Crippen LogP contribution < -0.4 is 0 Å². The van der Waals surface area contributed by atoms with Crippen molar-refractivity contribution in [2.75, 3.05) is 5.75 Å².